The fraction of sp³-hybridized carbons (Fsp3) is 0.524. The van der Waals surface area contributed by atoms with Gasteiger partial charge < -0.3 is 0 Å². The zero-order valence-corrected chi connectivity index (χ0v) is 17.9. The number of hydrogen-bond donors (Lipinski definition) is 0. The second-order valence-electron chi connectivity index (χ2n) is 8.41. The lowest BCUT2D eigenvalue weighted by molar-refractivity contribution is 0.0996. The topological polar surface area (TPSA) is 39.3 Å². The van der Waals surface area contributed by atoms with E-state index in [1.165, 1.54) is 25.7 Å². The maximum absolute atomic E-state index is 12.8. The first kappa shape index (κ1) is 20.2. The third kappa shape index (κ3) is 4.33. The standard InChI is InChI=1S/C21H27Cl2N3O/c1-21(2,3)17-12-18(26(25(17)4)13-14-8-5-6-9-14)24-20(27)15-10-7-11-16(22)19(15)23/h7,10-12,14H,5-6,8-9,13H2,1-4H3. The lowest BCUT2D eigenvalue weighted by Gasteiger charge is -2.21. The number of amides is 1. The van der Waals surface area contributed by atoms with Crippen molar-refractivity contribution in [3.63, 3.8) is 0 Å². The Bertz CT molecular complexity index is 912. The zero-order chi connectivity index (χ0) is 19.8. The highest BCUT2D eigenvalue weighted by Crippen LogP contribution is 2.28. The number of aromatic nitrogens is 2. The first-order valence-electron chi connectivity index (χ1n) is 9.49. The summed E-state index contributed by atoms with van der Waals surface area (Å²) in [6.07, 6.45) is 5.03. The molecule has 1 aromatic carbocycles. The van der Waals surface area contributed by atoms with Gasteiger partial charge in [0.05, 0.1) is 15.6 Å². The molecule has 1 fully saturated rings. The molecule has 0 N–H and O–H groups in total. The molecule has 1 amide bonds. The van der Waals surface area contributed by atoms with E-state index >= 15 is 0 Å². The van der Waals surface area contributed by atoms with Gasteiger partial charge >= 0.3 is 0 Å². The zero-order valence-electron chi connectivity index (χ0n) is 16.4. The Morgan fingerprint density at radius 2 is 1.89 bits per heavy atom. The molecule has 0 atom stereocenters. The van der Waals surface area contributed by atoms with Crippen molar-refractivity contribution in [3.8, 4) is 0 Å². The molecule has 0 unspecified atom stereocenters. The van der Waals surface area contributed by atoms with E-state index in [1.54, 1.807) is 18.2 Å². The number of nitrogens with zero attached hydrogens (tertiary/aromatic N) is 3. The summed E-state index contributed by atoms with van der Waals surface area (Å²) < 4.78 is 4.27. The first-order valence-corrected chi connectivity index (χ1v) is 10.2. The highest BCUT2D eigenvalue weighted by Gasteiger charge is 2.23. The van der Waals surface area contributed by atoms with Gasteiger partial charge in [-0.25, -0.2) is 0 Å². The Morgan fingerprint density at radius 1 is 1.22 bits per heavy atom. The summed E-state index contributed by atoms with van der Waals surface area (Å²) in [6, 6.07) is 7.07. The van der Waals surface area contributed by atoms with Crippen molar-refractivity contribution in [1.82, 2.24) is 9.36 Å². The average Bonchev–Trinajstić information content (AvgIpc) is 3.20. The van der Waals surface area contributed by atoms with Crippen LogP contribution in [0.4, 0.5) is 0 Å². The fourth-order valence-electron chi connectivity index (χ4n) is 3.85. The van der Waals surface area contributed by atoms with Gasteiger partial charge in [0.1, 0.15) is 0 Å². The van der Waals surface area contributed by atoms with Crippen molar-refractivity contribution in [2.75, 3.05) is 0 Å². The van der Waals surface area contributed by atoms with Crippen LogP contribution in [0.15, 0.2) is 29.3 Å². The quantitative estimate of drug-likeness (QED) is 0.674. The minimum absolute atomic E-state index is 0.0449. The number of carbonyl (C=O) groups excluding carboxylic acids is 1. The molecule has 1 saturated carbocycles. The van der Waals surface area contributed by atoms with E-state index in [-0.39, 0.29) is 16.3 Å². The van der Waals surface area contributed by atoms with Crippen LogP contribution in [0.2, 0.25) is 10.0 Å². The molecule has 0 saturated heterocycles. The predicted molar refractivity (Wildman–Crippen MR) is 110 cm³/mol. The van der Waals surface area contributed by atoms with Gasteiger partial charge in [-0.15, -0.1) is 0 Å². The molecule has 3 rings (SSSR count). The van der Waals surface area contributed by atoms with E-state index in [9.17, 15) is 4.79 Å². The van der Waals surface area contributed by atoms with Crippen molar-refractivity contribution >= 4 is 29.1 Å². The second-order valence-corrected chi connectivity index (χ2v) is 9.20. The van der Waals surface area contributed by atoms with Crippen LogP contribution < -0.4 is 5.49 Å². The minimum Gasteiger partial charge on any atom is -0.291 e. The summed E-state index contributed by atoms with van der Waals surface area (Å²) in [5.41, 5.74) is 2.11. The number of halogens is 2. The summed E-state index contributed by atoms with van der Waals surface area (Å²) in [5, 5.41) is 0.613. The van der Waals surface area contributed by atoms with Gasteiger partial charge in [0, 0.05) is 30.8 Å². The highest BCUT2D eigenvalue weighted by atomic mass is 35.5. The molecule has 1 heterocycles. The van der Waals surface area contributed by atoms with Gasteiger partial charge in [-0.3, -0.25) is 14.2 Å². The Hall–Kier alpha value is -1.52. The molecule has 0 bridgehead atoms. The molecule has 6 heteroatoms. The molecule has 0 radical (unpaired) electrons. The third-order valence-corrected chi connectivity index (χ3v) is 6.13. The Labute approximate surface area is 170 Å². The van der Waals surface area contributed by atoms with Crippen LogP contribution in [-0.4, -0.2) is 15.3 Å². The molecule has 1 aromatic heterocycles. The van der Waals surface area contributed by atoms with Crippen LogP contribution in [0.25, 0.3) is 0 Å². The maximum atomic E-state index is 12.8. The van der Waals surface area contributed by atoms with Crippen LogP contribution in [0.3, 0.4) is 0 Å². The summed E-state index contributed by atoms with van der Waals surface area (Å²) in [7, 11) is 2.05. The van der Waals surface area contributed by atoms with Crippen LogP contribution >= 0.6 is 23.2 Å². The largest absolute Gasteiger partial charge is 0.291 e. The lowest BCUT2D eigenvalue weighted by atomic mass is 9.92. The average molecular weight is 408 g/mol. The highest BCUT2D eigenvalue weighted by molar-refractivity contribution is 6.43. The molecule has 0 spiro atoms. The van der Waals surface area contributed by atoms with Gasteiger partial charge in [0.25, 0.3) is 5.91 Å². The maximum Gasteiger partial charge on any atom is 0.280 e. The fourth-order valence-corrected chi connectivity index (χ4v) is 4.23. The van der Waals surface area contributed by atoms with Crippen molar-refractivity contribution in [2.24, 2.45) is 18.0 Å². The summed E-state index contributed by atoms with van der Waals surface area (Å²) in [5.74, 6) is 0.268. The molecule has 1 aliphatic carbocycles. The van der Waals surface area contributed by atoms with E-state index < -0.39 is 0 Å². The summed E-state index contributed by atoms with van der Waals surface area (Å²) in [6.45, 7) is 7.38. The van der Waals surface area contributed by atoms with E-state index in [0.717, 1.165) is 12.2 Å². The molecule has 2 aromatic rings. The van der Waals surface area contributed by atoms with Crippen molar-refractivity contribution in [1.29, 1.82) is 0 Å². The third-order valence-electron chi connectivity index (χ3n) is 5.31. The smallest absolute Gasteiger partial charge is 0.280 e. The normalized spacial score (nSPS) is 16.3. The van der Waals surface area contributed by atoms with Gasteiger partial charge in [-0.1, -0.05) is 62.9 Å². The molecule has 1 aliphatic rings. The van der Waals surface area contributed by atoms with Gasteiger partial charge in [0.2, 0.25) is 0 Å². The van der Waals surface area contributed by atoms with E-state index in [1.807, 2.05) is 13.1 Å². The van der Waals surface area contributed by atoms with Crippen molar-refractivity contribution in [3.05, 3.63) is 51.1 Å². The molecule has 27 heavy (non-hydrogen) atoms. The second kappa shape index (κ2) is 7.84. The van der Waals surface area contributed by atoms with Crippen LogP contribution in [0.1, 0.15) is 62.5 Å². The Kier molecular flexibility index (Phi) is 5.87. The van der Waals surface area contributed by atoms with E-state index in [4.69, 9.17) is 23.2 Å². The van der Waals surface area contributed by atoms with Gasteiger partial charge in [0.15, 0.2) is 5.49 Å². The number of rotatable bonds is 3. The summed E-state index contributed by atoms with van der Waals surface area (Å²) >= 11 is 12.3. The van der Waals surface area contributed by atoms with Gasteiger partial charge in [-0.05, 0) is 30.9 Å². The van der Waals surface area contributed by atoms with Crippen LogP contribution in [0, 0.1) is 5.92 Å². The molecule has 0 aliphatic heterocycles. The van der Waals surface area contributed by atoms with E-state index in [0.29, 0.717) is 22.0 Å². The predicted octanol–water partition coefficient (Wildman–Crippen LogP) is 5.36. The lowest BCUT2D eigenvalue weighted by Crippen LogP contribution is -2.28. The Balaban J connectivity index is 2.08. The molecule has 4 nitrogen and oxygen atoms in total. The van der Waals surface area contributed by atoms with Crippen LogP contribution in [0.5, 0.6) is 0 Å². The SMILES string of the molecule is Cn1c(C(C)(C)C)cc(=NC(=O)c2cccc(Cl)c2Cl)n1CC1CCCC1. The molecular weight excluding hydrogens is 381 g/mol. The monoisotopic (exact) mass is 407 g/mol. The van der Waals surface area contributed by atoms with Gasteiger partial charge in [-0.2, -0.15) is 4.99 Å². The first-order chi connectivity index (χ1) is 12.7. The van der Waals surface area contributed by atoms with Crippen molar-refractivity contribution in [2.45, 2.75) is 58.4 Å². The number of carbonyl (C=O) groups is 1. The molecular formula is C21H27Cl2N3O. The van der Waals surface area contributed by atoms with E-state index in [2.05, 4.69) is 35.1 Å². The van der Waals surface area contributed by atoms with Crippen molar-refractivity contribution < 1.29 is 4.79 Å². The van der Waals surface area contributed by atoms with Crippen LogP contribution in [-0.2, 0) is 19.0 Å². The Morgan fingerprint density at radius 3 is 2.52 bits per heavy atom. The number of hydrogen-bond acceptors (Lipinski definition) is 1. The number of benzene rings is 1. The minimum atomic E-state index is -0.367. The summed E-state index contributed by atoms with van der Waals surface area (Å²) in [4.78, 5) is 17.2. The molecule has 146 valence electrons.